The molecule has 106 valence electrons. The van der Waals surface area contributed by atoms with Crippen LogP contribution in [0.25, 0.3) is 0 Å². The van der Waals surface area contributed by atoms with Gasteiger partial charge in [-0.3, -0.25) is 4.79 Å². The molecule has 2 N–H and O–H groups in total. The highest BCUT2D eigenvalue weighted by Gasteiger charge is 2.25. The van der Waals surface area contributed by atoms with E-state index in [0.717, 1.165) is 24.2 Å². The smallest absolute Gasteiger partial charge is 0.252 e. The van der Waals surface area contributed by atoms with Crippen molar-refractivity contribution in [2.24, 2.45) is 5.92 Å². The summed E-state index contributed by atoms with van der Waals surface area (Å²) in [5.74, 6) is 0.356. The van der Waals surface area contributed by atoms with Gasteiger partial charge in [0.15, 0.2) is 0 Å². The lowest BCUT2D eigenvalue weighted by molar-refractivity contribution is 0.0914. The number of hydrogen-bond donors (Lipinski definition) is 2. The van der Waals surface area contributed by atoms with Gasteiger partial charge in [-0.05, 0) is 25.0 Å². The summed E-state index contributed by atoms with van der Waals surface area (Å²) in [6.45, 7) is 0.511. The summed E-state index contributed by atoms with van der Waals surface area (Å²) in [5.41, 5.74) is 0.597. The number of nitriles is 1. The van der Waals surface area contributed by atoms with Crippen molar-refractivity contribution in [1.82, 2.24) is 5.32 Å². The Hall–Kier alpha value is -1.51. The number of hydrogen-bond acceptors (Lipinski definition) is 4. The van der Waals surface area contributed by atoms with Gasteiger partial charge < -0.3 is 10.4 Å². The highest BCUT2D eigenvalue weighted by Crippen LogP contribution is 2.25. The van der Waals surface area contributed by atoms with Crippen molar-refractivity contribution in [1.29, 1.82) is 5.26 Å². The average Bonchev–Trinajstić information content (AvgIpc) is 2.88. The lowest BCUT2D eigenvalue weighted by Crippen LogP contribution is -2.32. The standard InChI is InChI=1S/C15H18N2O2S/c16-8-9-20-14-7-2-1-5-12(14)15(19)17-10-11-4-3-6-13(11)18/h1-2,5,7,11,13,18H,3-4,6,9-10H2,(H,17,19). The Balaban J connectivity index is 1.96. The van der Waals surface area contributed by atoms with Crippen LogP contribution in [0.3, 0.4) is 0 Å². The van der Waals surface area contributed by atoms with Gasteiger partial charge in [0.25, 0.3) is 5.91 Å². The summed E-state index contributed by atoms with van der Waals surface area (Å²) in [5, 5.41) is 21.3. The van der Waals surface area contributed by atoms with Crippen LogP contribution in [0.15, 0.2) is 29.2 Å². The molecular formula is C15H18N2O2S. The SMILES string of the molecule is N#CCSc1ccccc1C(=O)NCC1CCCC1O. The highest BCUT2D eigenvalue weighted by atomic mass is 32.2. The molecule has 0 aromatic heterocycles. The number of rotatable bonds is 5. The van der Waals surface area contributed by atoms with Crippen LogP contribution in [0.4, 0.5) is 0 Å². The molecule has 0 spiro atoms. The van der Waals surface area contributed by atoms with Gasteiger partial charge in [-0.1, -0.05) is 18.6 Å². The second-order valence-corrected chi connectivity index (χ2v) is 5.93. The van der Waals surface area contributed by atoms with Crippen LogP contribution in [-0.2, 0) is 0 Å². The van der Waals surface area contributed by atoms with E-state index >= 15 is 0 Å². The Morgan fingerprint density at radius 3 is 2.95 bits per heavy atom. The molecule has 1 aliphatic carbocycles. The zero-order valence-corrected chi connectivity index (χ0v) is 12.0. The predicted molar refractivity (Wildman–Crippen MR) is 78.5 cm³/mol. The van der Waals surface area contributed by atoms with Crippen molar-refractivity contribution in [2.45, 2.75) is 30.3 Å². The Kier molecular flexibility index (Phi) is 5.45. The summed E-state index contributed by atoms with van der Waals surface area (Å²) >= 11 is 1.36. The number of nitrogens with one attached hydrogen (secondary N) is 1. The number of aliphatic hydroxyl groups is 1. The molecule has 2 rings (SSSR count). The molecule has 2 unspecified atom stereocenters. The van der Waals surface area contributed by atoms with E-state index in [1.54, 1.807) is 6.07 Å². The first kappa shape index (κ1) is 14.9. The zero-order chi connectivity index (χ0) is 14.4. The maximum atomic E-state index is 12.2. The van der Waals surface area contributed by atoms with Gasteiger partial charge in [-0.2, -0.15) is 5.26 Å². The summed E-state index contributed by atoms with van der Waals surface area (Å²) in [7, 11) is 0. The minimum atomic E-state index is -0.293. The number of thioether (sulfide) groups is 1. The van der Waals surface area contributed by atoms with E-state index in [2.05, 4.69) is 11.4 Å². The maximum absolute atomic E-state index is 12.2. The van der Waals surface area contributed by atoms with Gasteiger partial charge >= 0.3 is 0 Å². The van der Waals surface area contributed by atoms with E-state index in [0.29, 0.717) is 17.9 Å². The van der Waals surface area contributed by atoms with E-state index in [-0.39, 0.29) is 17.9 Å². The van der Waals surface area contributed by atoms with Gasteiger partial charge in [0.05, 0.1) is 23.5 Å². The zero-order valence-electron chi connectivity index (χ0n) is 11.2. The summed E-state index contributed by atoms with van der Waals surface area (Å²) < 4.78 is 0. The van der Waals surface area contributed by atoms with Crippen LogP contribution in [0.2, 0.25) is 0 Å². The second kappa shape index (κ2) is 7.32. The Morgan fingerprint density at radius 2 is 2.25 bits per heavy atom. The first-order chi connectivity index (χ1) is 9.72. The molecular weight excluding hydrogens is 272 g/mol. The van der Waals surface area contributed by atoms with Crippen molar-refractivity contribution in [3.8, 4) is 6.07 Å². The van der Waals surface area contributed by atoms with Gasteiger partial charge in [-0.15, -0.1) is 11.8 Å². The number of nitrogens with zero attached hydrogens (tertiary/aromatic N) is 1. The van der Waals surface area contributed by atoms with Crippen molar-refractivity contribution in [2.75, 3.05) is 12.3 Å². The number of aliphatic hydroxyl groups excluding tert-OH is 1. The fourth-order valence-corrected chi connectivity index (χ4v) is 3.18. The van der Waals surface area contributed by atoms with Gasteiger partial charge in [0.2, 0.25) is 0 Å². The average molecular weight is 290 g/mol. The largest absolute Gasteiger partial charge is 0.393 e. The molecule has 0 radical (unpaired) electrons. The minimum absolute atomic E-state index is 0.134. The lowest BCUT2D eigenvalue weighted by atomic mass is 10.1. The first-order valence-electron chi connectivity index (χ1n) is 6.77. The molecule has 0 aliphatic heterocycles. The predicted octanol–water partition coefficient (Wildman–Crippen LogP) is 2.19. The van der Waals surface area contributed by atoms with Gasteiger partial charge in [0.1, 0.15) is 0 Å². The normalized spacial score (nSPS) is 21.4. The van der Waals surface area contributed by atoms with E-state index in [1.165, 1.54) is 11.8 Å². The summed E-state index contributed by atoms with van der Waals surface area (Å²) in [6, 6.07) is 9.35. The molecule has 20 heavy (non-hydrogen) atoms. The van der Waals surface area contributed by atoms with Crippen molar-refractivity contribution in [3.63, 3.8) is 0 Å². The fraction of sp³-hybridized carbons (Fsp3) is 0.467. The first-order valence-corrected chi connectivity index (χ1v) is 7.76. The number of carbonyl (C=O) groups is 1. The summed E-state index contributed by atoms with van der Waals surface area (Å²) in [6.07, 6.45) is 2.52. The molecule has 0 bridgehead atoms. The Bertz CT molecular complexity index is 513. The third-order valence-electron chi connectivity index (χ3n) is 3.57. The molecule has 1 aromatic carbocycles. The molecule has 0 heterocycles. The van der Waals surface area contributed by atoms with Crippen LogP contribution in [0.1, 0.15) is 29.6 Å². The molecule has 1 fully saturated rings. The topological polar surface area (TPSA) is 73.1 Å². The van der Waals surface area contributed by atoms with Crippen molar-refractivity contribution < 1.29 is 9.90 Å². The Morgan fingerprint density at radius 1 is 1.45 bits per heavy atom. The van der Waals surface area contributed by atoms with Crippen LogP contribution in [-0.4, -0.2) is 29.4 Å². The van der Waals surface area contributed by atoms with Gasteiger partial charge in [0, 0.05) is 17.4 Å². The third-order valence-corrected chi connectivity index (χ3v) is 4.51. The quantitative estimate of drug-likeness (QED) is 0.815. The molecule has 1 amide bonds. The van der Waals surface area contributed by atoms with Crippen LogP contribution in [0, 0.1) is 17.2 Å². The number of amides is 1. The van der Waals surface area contributed by atoms with Crippen LogP contribution >= 0.6 is 11.8 Å². The summed E-state index contributed by atoms with van der Waals surface area (Å²) in [4.78, 5) is 13.0. The lowest BCUT2D eigenvalue weighted by Gasteiger charge is -2.15. The molecule has 1 aromatic rings. The number of carbonyl (C=O) groups excluding carboxylic acids is 1. The van der Waals surface area contributed by atoms with E-state index in [4.69, 9.17) is 5.26 Å². The van der Waals surface area contributed by atoms with Crippen molar-refractivity contribution in [3.05, 3.63) is 29.8 Å². The highest BCUT2D eigenvalue weighted by molar-refractivity contribution is 7.99. The van der Waals surface area contributed by atoms with E-state index in [1.807, 2.05) is 18.2 Å². The minimum Gasteiger partial charge on any atom is -0.393 e. The molecule has 0 saturated heterocycles. The molecule has 4 nitrogen and oxygen atoms in total. The molecule has 1 saturated carbocycles. The van der Waals surface area contributed by atoms with E-state index in [9.17, 15) is 9.90 Å². The molecule has 2 atom stereocenters. The van der Waals surface area contributed by atoms with Crippen LogP contribution in [0.5, 0.6) is 0 Å². The maximum Gasteiger partial charge on any atom is 0.252 e. The fourth-order valence-electron chi connectivity index (χ4n) is 2.46. The number of benzene rings is 1. The molecule has 5 heteroatoms. The Labute approximate surface area is 123 Å². The van der Waals surface area contributed by atoms with Gasteiger partial charge in [-0.25, -0.2) is 0 Å². The second-order valence-electron chi connectivity index (χ2n) is 4.91. The third kappa shape index (κ3) is 3.75. The van der Waals surface area contributed by atoms with Crippen LogP contribution < -0.4 is 5.32 Å². The molecule has 1 aliphatic rings. The monoisotopic (exact) mass is 290 g/mol. The van der Waals surface area contributed by atoms with Crippen molar-refractivity contribution >= 4 is 17.7 Å². The van der Waals surface area contributed by atoms with E-state index < -0.39 is 0 Å².